The van der Waals surface area contributed by atoms with E-state index in [0.717, 1.165) is 25.7 Å². The van der Waals surface area contributed by atoms with E-state index in [1.165, 1.54) is 0 Å². The summed E-state index contributed by atoms with van der Waals surface area (Å²) in [5.41, 5.74) is -1.02. The molecule has 0 bridgehead atoms. The lowest BCUT2D eigenvalue weighted by molar-refractivity contribution is -0.138. The lowest BCUT2D eigenvalue weighted by Crippen LogP contribution is -2.53. The topological polar surface area (TPSA) is 87.7 Å². The van der Waals surface area contributed by atoms with Gasteiger partial charge in [0, 0.05) is 13.2 Å². The largest absolute Gasteiger partial charge is 0.481 e. The third-order valence-corrected chi connectivity index (χ3v) is 3.64. The van der Waals surface area contributed by atoms with Crippen molar-refractivity contribution in [3.63, 3.8) is 0 Å². The van der Waals surface area contributed by atoms with Gasteiger partial charge in [0.25, 0.3) is 0 Å². The van der Waals surface area contributed by atoms with Crippen LogP contribution in [0.4, 0.5) is 4.79 Å². The highest BCUT2D eigenvalue weighted by Gasteiger charge is 2.37. The van der Waals surface area contributed by atoms with Gasteiger partial charge in [0.2, 0.25) is 0 Å². The maximum Gasteiger partial charge on any atom is 0.315 e. The van der Waals surface area contributed by atoms with E-state index < -0.39 is 17.1 Å². The number of carboxylic acids is 1. The van der Waals surface area contributed by atoms with Crippen LogP contribution in [0.25, 0.3) is 0 Å². The monoisotopic (exact) mass is 286 g/mol. The maximum atomic E-state index is 12.0. The number of aliphatic carboxylic acids is 1. The molecule has 0 aromatic rings. The van der Waals surface area contributed by atoms with Crippen LogP contribution in [-0.2, 0) is 9.53 Å². The number of carbonyl (C=O) groups excluding carboxylic acids is 1. The van der Waals surface area contributed by atoms with E-state index in [0.29, 0.717) is 13.2 Å². The fourth-order valence-corrected chi connectivity index (χ4v) is 2.71. The maximum absolute atomic E-state index is 12.0. The Kier molecular flexibility index (Phi) is 5.80. The zero-order valence-electron chi connectivity index (χ0n) is 12.6. The molecular weight excluding hydrogens is 260 g/mol. The van der Waals surface area contributed by atoms with E-state index in [1.54, 1.807) is 0 Å². The molecule has 1 aliphatic carbocycles. The average molecular weight is 286 g/mol. The third kappa shape index (κ3) is 5.36. The smallest absolute Gasteiger partial charge is 0.315 e. The summed E-state index contributed by atoms with van der Waals surface area (Å²) in [6.45, 7) is 6.68. The summed E-state index contributed by atoms with van der Waals surface area (Å²) in [5.74, 6) is -0.873. The van der Waals surface area contributed by atoms with Crippen molar-refractivity contribution in [3.05, 3.63) is 0 Å². The van der Waals surface area contributed by atoms with Gasteiger partial charge in [-0.05, 0) is 33.6 Å². The van der Waals surface area contributed by atoms with Crippen molar-refractivity contribution < 1.29 is 19.4 Å². The highest BCUT2D eigenvalue weighted by atomic mass is 16.5. The van der Waals surface area contributed by atoms with E-state index in [4.69, 9.17) is 9.84 Å². The van der Waals surface area contributed by atoms with Gasteiger partial charge in [-0.2, -0.15) is 0 Å². The molecule has 6 nitrogen and oxygen atoms in total. The first-order valence-corrected chi connectivity index (χ1v) is 7.20. The van der Waals surface area contributed by atoms with Crippen LogP contribution in [0.2, 0.25) is 0 Å². The summed E-state index contributed by atoms with van der Waals surface area (Å²) < 4.78 is 5.50. The van der Waals surface area contributed by atoms with Gasteiger partial charge in [0.05, 0.1) is 17.6 Å². The summed E-state index contributed by atoms with van der Waals surface area (Å²) in [4.78, 5) is 22.9. The number of urea groups is 1. The second kappa shape index (κ2) is 6.92. The van der Waals surface area contributed by atoms with Gasteiger partial charge >= 0.3 is 12.0 Å². The molecule has 20 heavy (non-hydrogen) atoms. The second-order valence-electron chi connectivity index (χ2n) is 6.06. The summed E-state index contributed by atoms with van der Waals surface area (Å²) in [5, 5.41) is 14.6. The minimum absolute atomic E-state index is 0.0186. The molecule has 116 valence electrons. The van der Waals surface area contributed by atoms with E-state index in [1.807, 2.05) is 20.8 Å². The summed E-state index contributed by atoms with van der Waals surface area (Å²) >= 11 is 0. The Morgan fingerprint density at radius 1 is 1.30 bits per heavy atom. The fraction of sp³-hybridized carbons (Fsp3) is 0.857. The molecule has 0 radical (unpaired) electrons. The Morgan fingerprint density at radius 3 is 2.40 bits per heavy atom. The molecule has 0 spiro atoms. The third-order valence-electron chi connectivity index (χ3n) is 3.64. The molecule has 0 saturated heterocycles. The van der Waals surface area contributed by atoms with Gasteiger partial charge in [0.1, 0.15) is 0 Å². The molecule has 0 unspecified atom stereocenters. The Labute approximate surface area is 120 Å². The van der Waals surface area contributed by atoms with Crippen LogP contribution in [0.3, 0.4) is 0 Å². The van der Waals surface area contributed by atoms with Crippen LogP contribution in [0.5, 0.6) is 0 Å². The zero-order valence-corrected chi connectivity index (χ0v) is 12.6. The Bertz CT molecular complexity index is 349. The molecular formula is C14H26N2O4. The zero-order chi connectivity index (χ0) is 15.2. The van der Waals surface area contributed by atoms with E-state index in [2.05, 4.69) is 10.6 Å². The number of carboxylic acid groups (broad SMARTS) is 1. The molecule has 1 aliphatic rings. The summed E-state index contributed by atoms with van der Waals surface area (Å²) in [6.07, 6.45) is 3.34. The second-order valence-corrected chi connectivity index (χ2v) is 6.06. The molecule has 0 aliphatic heterocycles. The van der Waals surface area contributed by atoms with Crippen LogP contribution in [-0.4, -0.2) is 41.4 Å². The van der Waals surface area contributed by atoms with Gasteiger partial charge < -0.3 is 20.5 Å². The van der Waals surface area contributed by atoms with Crippen molar-refractivity contribution in [1.29, 1.82) is 0 Å². The van der Waals surface area contributed by atoms with E-state index >= 15 is 0 Å². The highest BCUT2D eigenvalue weighted by Crippen LogP contribution is 2.32. The van der Waals surface area contributed by atoms with Crippen LogP contribution >= 0.6 is 0 Å². The molecule has 0 atom stereocenters. The summed E-state index contributed by atoms with van der Waals surface area (Å²) in [7, 11) is 0. The standard InChI is InChI=1S/C14H26N2O4/c1-4-20-13(2,3)10-15-12(19)16-14(9-11(17)18)7-5-6-8-14/h4-10H2,1-3H3,(H,17,18)(H2,15,16,19). The number of amides is 2. The van der Waals surface area contributed by atoms with Gasteiger partial charge in [-0.1, -0.05) is 12.8 Å². The first-order chi connectivity index (χ1) is 9.29. The average Bonchev–Trinajstić information content (AvgIpc) is 2.74. The molecule has 0 aromatic heterocycles. The molecule has 3 N–H and O–H groups in total. The van der Waals surface area contributed by atoms with Crippen molar-refractivity contribution in [3.8, 4) is 0 Å². The summed E-state index contributed by atoms with van der Waals surface area (Å²) in [6, 6.07) is -0.319. The van der Waals surface area contributed by atoms with Gasteiger partial charge in [-0.25, -0.2) is 4.79 Å². The number of hydrogen-bond donors (Lipinski definition) is 3. The van der Waals surface area contributed by atoms with Crippen molar-refractivity contribution in [1.82, 2.24) is 10.6 Å². The predicted octanol–water partition coefficient (Wildman–Crippen LogP) is 1.89. The van der Waals surface area contributed by atoms with E-state index in [9.17, 15) is 9.59 Å². The number of nitrogens with one attached hydrogen (secondary N) is 2. The molecule has 1 fully saturated rings. The molecule has 0 heterocycles. The van der Waals surface area contributed by atoms with Gasteiger partial charge in [0.15, 0.2) is 0 Å². The normalized spacial score (nSPS) is 17.8. The van der Waals surface area contributed by atoms with Gasteiger partial charge in [-0.15, -0.1) is 0 Å². The molecule has 1 saturated carbocycles. The Balaban J connectivity index is 2.49. The first kappa shape index (κ1) is 16.8. The molecule has 2 amide bonds. The first-order valence-electron chi connectivity index (χ1n) is 7.20. The fourth-order valence-electron chi connectivity index (χ4n) is 2.71. The molecule has 1 rings (SSSR count). The number of hydrogen-bond acceptors (Lipinski definition) is 3. The molecule has 0 aromatic carbocycles. The van der Waals surface area contributed by atoms with Crippen molar-refractivity contribution in [2.24, 2.45) is 0 Å². The van der Waals surface area contributed by atoms with Crippen molar-refractivity contribution in [2.45, 2.75) is 64.0 Å². The van der Waals surface area contributed by atoms with Crippen molar-refractivity contribution in [2.75, 3.05) is 13.2 Å². The van der Waals surface area contributed by atoms with Crippen LogP contribution < -0.4 is 10.6 Å². The van der Waals surface area contributed by atoms with Gasteiger partial charge in [-0.3, -0.25) is 4.79 Å². The number of rotatable bonds is 7. The SMILES string of the molecule is CCOC(C)(C)CNC(=O)NC1(CC(=O)O)CCCC1. The highest BCUT2D eigenvalue weighted by molar-refractivity contribution is 5.77. The number of ether oxygens (including phenoxy) is 1. The molecule has 6 heteroatoms. The van der Waals surface area contributed by atoms with Crippen LogP contribution in [0, 0.1) is 0 Å². The minimum atomic E-state index is -0.873. The van der Waals surface area contributed by atoms with Crippen LogP contribution in [0.15, 0.2) is 0 Å². The van der Waals surface area contributed by atoms with E-state index in [-0.39, 0.29) is 12.5 Å². The van der Waals surface area contributed by atoms with Crippen LogP contribution in [0.1, 0.15) is 52.9 Å². The Hall–Kier alpha value is -1.30. The minimum Gasteiger partial charge on any atom is -0.481 e. The Morgan fingerprint density at radius 2 is 1.90 bits per heavy atom. The lowest BCUT2D eigenvalue weighted by Gasteiger charge is -2.30. The predicted molar refractivity (Wildman–Crippen MR) is 75.7 cm³/mol. The van der Waals surface area contributed by atoms with Crippen molar-refractivity contribution >= 4 is 12.0 Å². The quantitative estimate of drug-likeness (QED) is 0.667. The lowest BCUT2D eigenvalue weighted by atomic mass is 9.93. The number of carbonyl (C=O) groups is 2.